The molecule has 0 radical (unpaired) electrons. The number of para-hydroxylation sites is 1. The molecular formula is C15H18N2O4. The molecule has 1 aromatic heterocycles. The van der Waals surface area contributed by atoms with Crippen molar-refractivity contribution in [2.45, 2.75) is 25.4 Å². The first-order chi connectivity index (χ1) is 10.0. The fourth-order valence-electron chi connectivity index (χ4n) is 2.70. The summed E-state index contributed by atoms with van der Waals surface area (Å²) in [5.74, 6) is -0.655. The smallest absolute Gasteiger partial charge is 0.407 e. The largest absolute Gasteiger partial charge is 0.417 e. The Morgan fingerprint density at radius 3 is 2.76 bits per heavy atom. The summed E-state index contributed by atoms with van der Waals surface area (Å²) in [4.78, 5) is 28.3. The Kier molecular flexibility index (Phi) is 3.33. The summed E-state index contributed by atoms with van der Waals surface area (Å²) in [5, 5.41) is 0. The molecule has 0 bridgehead atoms. The highest BCUT2D eigenvalue weighted by molar-refractivity contribution is 6.04. The Labute approximate surface area is 121 Å². The third-order valence-electron chi connectivity index (χ3n) is 4.28. The van der Waals surface area contributed by atoms with Gasteiger partial charge in [0.15, 0.2) is 5.58 Å². The van der Waals surface area contributed by atoms with E-state index in [0.29, 0.717) is 29.8 Å². The minimum absolute atomic E-state index is 0.110. The van der Waals surface area contributed by atoms with Crippen molar-refractivity contribution >= 4 is 17.0 Å². The molecular weight excluding hydrogens is 272 g/mol. The van der Waals surface area contributed by atoms with Crippen LogP contribution < -0.4 is 5.76 Å². The van der Waals surface area contributed by atoms with Crippen LogP contribution in [0.4, 0.5) is 0 Å². The Hall–Kier alpha value is -2.08. The maximum atomic E-state index is 12.6. The van der Waals surface area contributed by atoms with Crippen molar-refractivity contribution in [1.82, 2.24) is 9.88 Å². The van der Waals surface area contributed by atoms with Gasteiger partial charge in [0.05, 0.1) is 16.7 Å². The molecule has 1 aliphatic rings. The number of carbonyl (C=O) groups excluding carboxylic acids is 1. The number of benzene rings is 1. The second-order valence-corrected chi connectivity index (χ2v) is 5.64. The number of methoxy groups -OCH3 is 1. The number of amides is 1. The lowest BCUT2D eigenvalue weighted by Crippen LogP contribution is -2.46. The monoisotopic (exact) mass is 290 g/mol. The van der Waals surface area contributed by atoms with Crippen LogP contribution in [-0.4, -0.2) is 41.6 Å². The summed E-state index contributed by atoms with van der Waals surface area (Å²) in [5.41, 5.74) is 1.13. The Morgan fingerprint density at radius 2 is 2.10 bits per heavy atom. The van der Waals surface area contributed by atoms with Gasteiger partial charge in [0.2, 0.25) is 0 Å². The van der Waals surface area contributed by atoms with Gasteiger partial charge < -0.3 is 14.1 Å². The number of likely N-dealkylation sites (tertiary alicyclic amines) is 1. The minimum atomic E-state index is -0.546. The third-order valence-corrected chi connectivity index (χ3v) is 4.28. The third kappa shape index (κ3) is 2.47. The number of nitrogens with one attached hydrogen (secondary N) is 1. The van der Waals surface area contributed by atoms with Crippen LogP contribution in [0.25, 0.3) is 11.1 Å². The summed E-state index contributed by atoms with van der Waals surface area (Å²) < 4.78 is 10.6. The van der Waals surface area contributed by atoms with E-state index < -0.39 is 5.76 Å². The first kappa shape index (κ1) is 13.9. The number of aromatic nitrogens is 1. The molecule has 0 saturated carbocycles. The van der Waals surface area contributed by atoms with Gasteiger partial charge in [0.25, 0.3) is 5.91 Å². The van der Waals surface area contributed by atoms with Crippen LogP contribution in [0.15, 0.2) is 27.4 Å². The average molecular weight is 290 g/mol. The predicted molar refractivity (Wildman–Crippen MR) is 77.4 cm³/mol. The number of fused-ring (bicyclic) bond motifs is 1. The lowest BCUT2D eigenvalue weighted by atomic mass is 9.93. The Bertz CT molecular complexity index is 723. The van der Waals surface area contributed by atoms with Gasteiger partial charge in [-0.3, -0.25) is 9.78 Å². The van der Waals surface area contributed by atoms with Gasteiger partial charge in [-0.2, -0.15) is 0 Å². The van der Waals surface area contributed by atoms with Gasteiger partial charge in [0.1, 0.15) is 0 Å². The zero-order valence-electron chi connectivity index (χ0n) is 12.1. The fraction of sp³-hybridized carbons (Fsp3) is 0.467. The maximum Gasteiger partial charge on any atom is 0.417 e. The lowest BCUT2D eigenvalue weighted by molar-refractivity contribution is -0.0379. The molecule has 2 heterocycles. The van der Waals surface area contributed by atoms with Gasteiger partial charge in [-0.15, -0.1) is 0 Å². The van der Waals surface area contributed by atoms with E-state index in [-0.39, 0.29) is 11.5 Å². The number of ether oxygens (including phenoxy) is 1. The highest BCUT2D eigenvalue weighted by Gasteiger charge is 2.32. The van der Waals surface area contributed by atoms with Gasteiger partial charge in [-0.25, -0.2) is 4.79 Å². The Balaban J connectivity index is 1.87. The molecule has 6 nitrogen and oxygen atoms in total. The molecule has 0 aliphatic carbocycles. The van der Waals surface area contributed by atoms with E-state index in [0.717, 1.165) is 12.8 Å². The summed E-state index contributed by atoms with van der Waals surface area (Å²) in [6.07, 6.45) is 1.59. The number of piperidine rings is 1. The van der Waals surface area contributed by atoms with Gasteiger partial charge in [-0.05, 0) is 31.9 Å². The average Bonchev–Trinajstić information content (AvgIpc) is 2.87. The molecule has 1 N–H and O–H groups in total. The van der Waals surface area contributed by atoms with Crippen molar-refractivity contribution in [2.75, 3.05) is 20.2 Å². The molecule has 6 heteroatoms. The number of hydrogen-bond donors (Lipinski definition) is 1. The molecule has 1 fully saturated rings. The van der Waals surface area contributed by atoms with Crippen molar-refractivity contribution in [3.8, 4) is 0 Å². The number of H-pyrrole nitrogens is 1. The van der Waals surface area contributed by atoms with E-state index in [1.54, 1.807) is 30.2 Å². The van der Waals surface area contributed by atoms with Crippen molar-refractivity contribution in [1.29, 1.82) is 0 Å². The first-order valence-corrected chi connectivity index (χ1v) is 6.99. The summed E-state index contributed by atoms with van der Waals surface area (Å²) in [6, 6.07) is 5.14. The highest BCUT2D eigenvalue weighted by atomic mass is 16.5. The number of hydrogen-bond acceptors (Lipinski definition) is 4. The van der Waals surface area contributed by atoms with Crippen LogP contribution in [0.2, 0.25) is 0 Å². The van der Waals surface area contributed by atoms with Crippen molar-refractivity contribution in [3.05, 3.63) is 34.3 Å². The molecule has 0 atom stereocenters. The van der Waals surface area contributed by atoms with Crippen LogP contribution in [0.5, 0.6) is 0 Å². The number of nitrogens with zero attached hydrogens (tertiary/aromatic N) is 1. The number of rotatable bonds is 2. The summed E-state index contributed by atoms with van der Waals surface area (Å²) >= 11 is 0. The molecule has 2 aromatic rings. The number of oxazole rings is 1. The molecule has 0 unspecified atom stereocenters. The molecule has 1 aliphatic heterocycles. The maximum absolute atomic E-state index is 12.6. The van der Waals surface area contributed by atoms with E-state index in [2.05, 4.69) is 11.9 Å². The summed E-state index contributed by atoms with van der Waals surface area (Å²) in [7, 11) is 1.70. The fourth-order valence-corrected chi connectivity index (χ4v) is 2.70. The van der Waals surface area contributed by atoms with E-state index in [4.69, 9.17) is 9.15 Å². The van der Waals surface area contributed by atoms with E-state index in [1.165, 1.54) is 0 Å². The highest BCUT2D eigenvalue weighted by Crippen LogP contribution is 2.27. The molecule has 1 saturated heterocycles. The zero-order valence-corrected chi connectivity index (χ0v) is 12.1. The Morgan fingerprint density at radius 1 is 1.38 bits per heavy atom. The molecule has 1 amide bonds. The first-order valence-electron chi connectivity index (χ1n) is 6.99. The minimum Gasteiger partial charge on any atom is -0.407 e. The summed E-state index contributed by atoms with van der Waals surface area (Å²) in [6.45, 7) is 3.32. The second-order valence-electron chi connectivity index (χ2n) is 5.64. The number of aromatic amines is 1. The van der Waals surface area contributed by atoms with Crippen LogP contribution >= 0.6 is 0 Å². The van der Waals surface area contributed by atoms with Crippen molar-refractivity contribution in [3.63, 3.8) is 0 Å². The van der Waals surface area contributed by atoms with Crippen molar-refractivity contribution < 1.29 is 13.9 Å². The SMILES string of the molecule is COC1(C)CCN(C(=O)c2cccc3[nH]c(=O)oc23)CC1. The van der Waals surface area contributed by atoms with Crippen LogP contribution in [0, 0.1) is 0 Å². The molecule has 21 heavy (non-hydrogen) atoms. The normalized spacial score (nSPS) is 18.1. The molecule has 1 aromatic carbocycles. The standard InChI is InChI=1S/C15H18N2O4/c1-15(20-2)6-8-17(9-7-15)13(18)10-4-3-5-11-12(10)21-14(19)16-11/h3-5H,6-9H2,1-2H3,(H,16,19). The quantitative estimate of drug-likeness (QED) is 0.914. The zero-order chi connectivity index (χ0) is 15.0. The molecule has 112 valence electrons. The topological polar surface area (TPSA) is 75.5 Å². The van der Waals surface area contributed by atoms with Gasteiger partial charge in [-0.1, -0.05) is 6.07 Å². The van der Waals surface area contributed by atoms with Gasteiger partial charge >= 0.3 is 5.76 Å². The van der Waals surface area contributed by atoms with Crippen LogP contribution in [-0.2, 0) is 4.74 Å². The molecule has 0 spiro atoms. The molecule has 3 rings (SSSR count). The van der Waals surface area contributed by atoms with E-state index in [1.807, 2.05) is 0 Å². The van der Waals surface area contributed by atoms with Gasteiger partial charge in [0, 0.05) is 20.2 Å². The van der Waals surface area contributed by atoms with Crippen molar-refractivity contribution in [2.24, 2.45) is 0 Å². The van der Waals surface area contributed by atoms with E-state index >= 15 is 0 Å². The second kappa shape index (κ2) is 5.04. The van der Waals surface area contributed by atoms with E-state index in [9.17, 15) is 9.59 Å². The van der Waals surface area contributed by atoms with Crippen LogP contribution in [0.1, 0.15) is 30.1 Å². The lowest BCUT2D eigenvalue weighted by Gasteiger charge is -2.38. The van der Waals surface area contributed by atoms with Crippen LogP contribution in [0.3, 0.4) is 0 Å². The number of carbonyl (C=O) groups is 1. The predicted octanol–water partition coefficient (Wildman–Crippen LogP) is 1.76.